The molecule has 0 aliphatic carbocycles. The lowest BCUT2D eigenvalue weighted by Gasteiger charge is -2.22. The van der Waals surface area contributed by atoms with Crippen LogP contribution < -0.4 is 20.6 Å². The Morgan fingerprint density at radius 1 is 0.375 bits per heavy atom. The third-order valence-electron chi connectivity index (χ3n) is 11.4. The zero-order valence-corrected chi connectivity index (χ0v) is 29.3. The first kappa shape index (κ1) is 29.6. The highest BCUT2D eigenvalue weighted by atomic mass is 16.5. The molecule has 0 saturated carbocycles. The smallest absolute Gasteiger partial charge is 0.264 e. The third kappa shape index (κ3) is 3.67. The fourth-order valence-corrected chi connectivity index (χ4v) is 9.20. The van der Waals surface area contributed by atoms with E-state index in [2.05, 4.69) is 12.1 Å². The van der Waals surface area contributed by atoms with Crippen molar-refractivity contribution >= 4 is 98.0 Å². The van der Waals surface area contributed by atoms with Crippen LogP contribution in [0.1, 0.15) is 0 Å². The maximum atomic E-state index is 14.9. The number of hydrogen-bond acceptors (Lipinski definition) is 6. The van der Waals surface area contributed by atoms with Crippen molar-refractivity contribution in [3.63, 3.8) is 0 Å². The van der Waals surface area contributed by atoms with E-state index in [-0.39, 0.29) is 11.1 Å². The fourth-order valence-electron chi connectivity index (χ4n) is 9.20. The van der Waals surface area contributed by atoms with Crippen molar-refractivity contribution in [2.45, 2.75) is 0 Å². The van der Waals surface area contributed by atoms with Crippen LogP contribution in [0, 0.1) is 0 Å². The predicted molar refractivity (Wildman–Crippen MR) is 223 cm³/mol. The number of pyridine rings is 2. The minimum Gasteiger partial charge on any atom is -0.457 e. The van der Waals surface area contributed by atoms with E-state index in [1.54, 1.807) is 8.80 Å². The Labute approximate surface area is 314 Å². The highest BCUT2D eigenvalue weighted by Gasteiger charge is 2.28. The summed E-state index contributed by atoms with van der Waals surface area (Å²) in [7, 11) is 0. The minimum atomic E-state index is -0.186. The number of benzene rings is 9. The van der Waals surface area contributed by atoms with Crippen molar-refractivity contribution < 1.29 is 9.47 Å². The molecule has 0 saturated heterocycles. The minimum absolute atomic E-state index is 0.132. The first-order valence-corrected chi connectivity index (χ1v) is 18.4. The molecule has 260 valence electrons. The lowest BCUT2D eigenvalue weighted by Crippen LogP contribution is -2.14. The number of fused-ring (bicyclic) bond motifs is 10. The van der Waals surface area contributed by atoms with Gasteiger partial charge < -0.3 is 9.47 Å². The second-order valence-electron chi connectivity index (χ2n) is 14.4. The van der Waals surface area contributed by atoms with Crippen LogP contribution in [0.15, 0.2) is 155 Å². The number of rotatable bonds is 4. The monoisotopic (exact) mass is 720 g/mol. The molecule has 0 radical (unpaired) electrons. The molecule has 8 heteroatoms. The second kappa shape index (κ2) is 10.4. The van der Waals surface area contributed by atoms with E-state index in [0.717, 1.165) is 75.9 Å². The van der Waals surface area contributed by atoms with Crippen LogP contribution in [0.25, 0.3) is 98.0 Å². The van der Waals surface area contributed by atoms with Gasteiger partial charge in [-0.2, -0.15) is 0 Å². The van der Waals surface area contributed by atoms with Crippen LogP contribution in [0.5, 0.6) is 23.0 Å². The van der Waals surface area contributed by atoms with Crippen LogP contribution in [0.4, 0.5) is 0 Å². The summed E-state index contributed by atoms with van der Waals surface area (Å²) in [5.74, 6) is 2.40. The fraction of sp³-hybridized carbons (Fsp3) is 0. The van der Waals surface area contributed by atoms with Gasteiger partial charge in [-0.15, -0.1) is 0 Å². The Bertz CT molecular complexity index is 3900. The zero-order chi connectivity index (χ0) is 36.8. The molecule has 0 aliphatic rings. The maximum Gasteiger partial charge on any atom is 0.264 e. The van der Waals surface area contributed by atoms with E-state index >= 15 is 0 Å². The predicted octanol–water partition coefficient (Wildman–Crippen LogP) is 10.8. The van der Waals surface area contributed by atoms with Crippen molar-refractivity contribution in [3.05, 3.63) is 166 Å². The van der Waals surface area contributed by atoms with E-state index in [9.17, 15) is 9.59 Å². The normalized spacial score (nSPS) is 12.4. The van der Waals surface area contributed by atoms with Gasteiger partial charge in [0.15, 0.2) is 0 Å². The molecule has 13 aromatic rings. The van der Waals surface area contributed by atoms with E-state index in [0.29, 0.717) is 45.1 Å². The average Bonchev–Trinajstić information content (AvgIpc) is 3.83. The molecule has 9 aromatic carbocycles. The van der Waals surface area contributed by atoms with Gasteiger partial charge in [-0.05, 0) is 89.0 Å². The number of para-hydroxylation sites is 6. The van der Waals surface area contributed by atoms with Gasteiger partial charge in [0.25, 0.3) is 11.1 Å². The first-order chi connectivity index (χ1) is 27.6. The highest BCUT2D eigenvalue weighted by molar-refractivity contribution is 6.42. The van der Waals surface area contributed by atoms with Gasteiger partial charge in [0.1, 0.15) is 34.3 Å². The molecule has 8 nitrogen and oxygen atoms in total. The van der Waals surface area contributed by atoms with Gasteiger partial charge >= 0.3 is 0 Å². The van der Waals surface area contributed by atoms with Gasteiger partial charge in [-0.3, -0.25) is 18.4 Å². The molecule has 0 bridgehead atoms. The van der Waals surface area contributed by atoms with Crippen LogP contribution in [-0.2, 0) is 0 Å². The van der Waals surface area contributed by atoms with Gasteiger partial charge in [0, 0.05) is 43.1 Å². The molecule has 0 unspecified atom stereocenters. The van der Waals surface area contributed by atoms with Crippen molar-refractivity contribution in [2.75, 3.05) is 0 Å². The number of nitrogens with zero attached hydrogens (tertiary/aromatic N) is 4. The van der Waals surface area contributed by atoms with Crippen LogP contribution >= 0.6 is 0 Å². The Morgan fingerprint density at radius 2 is 0.804 bits per heavy atom. The number of hydrogen-bond donors (Lipinski definition) is 0. The summed E-state index contributed by atoms with van der Waals surface area (Å²) in [5, 5.41) is 9.45. The molecular formula is C48H24N4O4. The molecule has 13 rings (SSSR count). The standard InChI is InChI=1S/C48H24N4O4/c53-47-30-22-20-28-39-27(19-21-29(40(30)39)45-49-33-15-7-9-17-35(33)51(45)47)43-38(56-26-13-5-2-6-14-26)24-32-41-31(46-50-34-16-8-10-18-36(34)52(46)48(32)54)23-37(42(28)44(41)43)55-25-11-3-1-4-12-25/h1-24H. The summed E-state index contributed by atoms with van der Waals surface area (Å²) in [6.07, 6.45) is 0. The van der Waals surface area contributed by atoms with Crippen molar-refractivity contribution in [1.29, 1.82) is 0 Å². The maximum absolute atomic E-state index is 14.9. The lowest BCUT2D eigenvalue weighted by molar-refractivity contribution is 0.488. The Morgan fingerprint density at radius 3 is 1.39 bits per heavy atom. The van der Waals surface area contributed by atoms with E-state index in [1.165, 1.54) is 0 Å². The van der Waals surface area contributed by atoms with Crippen molar-refractivity contribution in [1.82, 2.24) is 18.8 Å². The summed E-state index contributed by atoms with van der Waals surface area (Å²) in [5.41, 5.74) is 3.81. The first-order valence-electron chi connectivity index (χ1n) is 18.4. The van der Waals surface area contributed by atoms with Gasteiger partial charge in [0.05, 0.1) is 27.5 Å². The molecule has 4 heterocycles. The summed E-state index contributed by atoms with van der Waals surface area (Å²) >= 11 is 0. The number of ether oxygens (including phenoxy) is 2. The molecule has 0 spiro atoms. The second-order valence-corrected chi connectivity index (χ2v) is 14.4. The molecule has 56 heavy (non-hydrogen) atoms. The molecule has 0 amide bonds. The number of aromatic nitrogens is 4. The number of imidazole rings is 2. The quantitative estimate of drug-likeness (QED) is 0.133. The molecule has 0 aliphatic heterocycles. The zero-order valence-electron chi connectivity index (χ0n) is 29.3. The van der Waals surface area contributed by atoms with E-state index in [1.807, 2.05) is 133 Å². The van der Waals surface area contributed by atoms with Crippen molar-refractivity contribution in [2.24, 2.45) is 0 Å². The van der Waals surface area contributed by atoms with Gasteiger partial charge in [-0.1, -0.05) is 72.8 Å². The van der Waals surface area contributed by atoms with Crippen molar-refractivity contribution in [3.8, 4) is 23.0 Å². The highest BCUT2D eigenvalue weighted by Crippen LogP contribution is 2.52. The van der Waals surface area contributed by atoms with Gasteiger partial charge in [0.2, 0.25) is 0 Å². The Balaban J connectivity index is 1.31. The summed E-state index contributed by atoms with van der Waals surface area (Å²) in [6.45, 7) is 0. The molecule has 4 aromatic heterocycles. The summed E-state index contributed by atoms with van der Waals surface area (Å²) < 4.78 is 17.2. The lowest BCUT2D eigenvalue weighted by atomic mass is 9.85. The Kier molecular flexibility index (Phi) is 5.51. The largest absolute Gasteiger partial charge is 0.457 e. The molecule has 0 fully saturated rings. The SMILES string of the molecule is O=c1c2ccc3c4c(Oc5ccccc5)cc5c6c(cc(Oc7ccccc7)c(c7ccc(c2c73)c2nc3ccccc3n12)c46)c(=O)n1c2ccccc2nc51. The summed E-state index contributed by atoms with van der Waals surface area (Å²) in [6, 6.07) is 46.7. The van der Waals surface area contributed by atoms with Crippen LogP contribution in [0.2, 0.25) is 0 Å². The van der Waals surface area contributed by atoms with E-state index < -0.39 is 0 Å². The molecular weight excluding hydrogens is 697 g/mol. The van der Waals surface area contributed by atoms with Crippen LogP contribution in [0.3, 0.4) is 0 Å². The van der Waals surface area contributed by atoms with Gasteiger partial charge in [-0.25, -0.2) is 9.97 Å². The van der Waals surface area contributed by atoms with Crippen LogP contribution in [-0.4, -0.2) is 18.8 Å². The molecule has 0 atom stereocenters. The molecule has 0 N–H and O–H groups in total. The summed E-state index contributed by atoms with van der Waals surface area (Å²) in [4.78, 5) is 39.5. The van der Waals surface area contributed by atoms with E-state index in [4.69, 9.17) is 19.4 Å². The Hall–Kier alpha value is -7.84. The third-order valence-corrected chi connectivity index (χ3v) is 11.4. The average molecular weight is 721 g/mol. The topological polar surface area (TPSA) is 87.2 Å².